The van der Waals surface area contributed by atoms with E-state index in [0.717, 1.165) is 18.4 Å². The second kappa shape index (κ2) is 11.0. The van der Waals surface area contributed by atoms with Crippen molar-refractivity contribution in [3.63, 3.8) is 0 Å². The molecule has 3 aromatic heterocycles. The number of anilines is 1. The molecule has 0 radical (unpaired) electrons. The van der Waals surface area contributed by atoms with Gasteiger partial charge >= 0.3 is 6.18 Å². The molecule has 1 atom stereocenters. The molecule has 36 heavy (non-hydrogen) atoms. The average molecular weight is 524 g/mol. The Morgan fingerprint density at radius 1 is 1.28 bits per heavy atom. The Labute approximate surface area is 210 Å². The van der Waals surface area contributed by atoms with Crippen LogP contribution < -0.4 is 10.1 Å². The number of nitrogens with one attached hydrogen (secondary N) is 1. The van der Waals surface area contributed by atoms with Crippen LogP contribution in [0.25, 0.3) is 10.2 Å². The van der Waals surface area contributed by atoms with Crippen LogP contribution in [0.1, 0.15) is 46.5 Å². The summed E-state index contributed by atoms with van der Waals surface area (Å²) >= 11 is 1.19. The third-order valence-electron chi connectivity index (χ3n) is 6.17. The van der Waals surface area contributed by atoms with E-state index in [9.17, 15) is 18.0 Å². The minimum Gasteiger partial charge on any atom is -0.481 e. The van der Waals surface area contributed by atoms with Gasteiger partial charge in [-0.25, -0.2) is 15.0 Å². The van der Waals surface area contributed by atoms with Gasteiger partial charge in [0.05, 0.1) is 30.0 Å². The lowest BCUT2D eigenvalue weighted by Crippen LogP contribution is -2.40. The molecule has 1 amide bonds. The van der Waals surface area contributed by atoms with E-state index in [1.54, 1.807) is 37.2 Å². The maximum absolute atomic E-state index is 13.6. The summed E-state index contributed by atoms with van der Waals surface area (Å²) in [6.07, 6.45) is -0.922. The third-order valence-corrected chi connectivity index (χ3v) is 7.36. The van der Waals surface area contributed by atoms with Crippen LogP contribution in [0.2, 0.25) is 0 Å². The highest BCUT2D eigenvalue weighted by Gasteiger charge is 2.42. The lowest BCUT2D eigenvalue weighted by Gasteiger charge is -2.25. The van der Waals surface area contributed by atoms with Crippen LogP contribution in [0.15, 0.2) is 24.7 Å². The Hall–Kier alpha value is -2.99. The van der Waals surface area contributed by atoms with Gasteiger partial charge in [-0.1, -0.05) is 12.8 Å². The predicted octanol–water partition coefficient (Wildman–Crippen LogP) is 4.98. The van der Waals surface area contributed by atoms with Crippen molar-refractivity contribution in [3.05, 3.63) is 40.7 Å². The fourth-order valence-corrected chi connectivity index (χ4v) is 5.42. The summed E-state index contributed by atoms with van der Waals surface area (Å²) in [5.74, 6) is 0.472. The monoisotopic (exact) mass is 523 g/mol. The number of hydrogen-bond donors (Lipinski definition) is 1. The zero-order valence-electron chi connectivity index (χ0n) is 20.3. The third kappa shape index (κ3) is 5.86. The zero-order chi connectivity index (χ0) is 25.9. The maximum Gasteiger partial charge on any atom is 0.416 e. The summed E-state index contributed by atoms with van der Waals surface area (Å²) in [5.41, 5.74) is 1.46. The van der Waals surface area contributed by atoms with Crippen LogP contribution in [0.5, 0.6) is 5.88 Å². The molecule has 1 N–H and O–H groups in total. The van der Waals surface area contributed by atoms with Crippen molar-refractivity contribution in [2.75, 3.05) is 26.0 Å². The number of ether oxygens (including phenoxy) is 2. The van der Waals surface area contributed by atoms with Crippen molar-refractivity contribution in [2.45, 2.75) is 57.5 Å². The van der Waals surface area contributed by atoms with Gasteiger partial charge < -0.3 is 19.7 Å². The molecule has 0 saturated heterocycles. The summed E-state index contributed by atoms with van der Waals surface area (Å²) < 4.78 is 51.4. The summed E-state index contributed by atoms with van der Waals surface area (Å²) in [6.45, 7) is 1.60. The molecule has 12 heteroatoms. The summed E-state index contributed by atoms with van der Waals surface area (Å²) in [4.78, 5) is 28.3. The van der Waals surface area contributed by atoms with Crippen molar-refractivity contribution in [1.29, 1.82) is 0 Å². The number of pyridine rings is 1. The Balaban J connectivity index is 1.52. The predicted molar refractivity (Wildman–Crippen MR) is 130 cm³/mol. The first-order valence-corrected chi connectivity index (χ1v) is 12.4. The van der Waals surface area contributed by atoms with Gasteiger partial charge in [0, 0.05) is 25.9 Å². The molecular formula is C24H28F3N5O3S. The van der Waals surface area contributed by atoms with Gasteiger partial charge in [-0.05, 0) is 37.0 Å². The number of methoxy groups -OCH3 is 1. The number of carbonyl (C=O) groups excluding carboxylic acids is 1. The first-order chi connectivity index (χ1) is 17.2. The van der Waals surface area contributed by atoms with Gasteiger partial charge in [0.2, 0.25) is 5.88 Å². The van der Waals surface area contributed by atoms with Crippen molar-refractivity contribution < 1.29 is 27.4 Å². The van der Waals surface area contributed by atoms with Crippen LogP contribution in [0.3, 0.4) is 0 Å². The maximum atomic E-state index is 13.6. The Morgan fingerprint density at radius 2 is 2.03 bits per heavy atom. The molecular weight excluding hydrogens is 495 g/mol. The Bertz CT molecular complexity index is 1210. The second-order valence-corrected chi connectivity index (χ2v) is 9.78. The van der Waals surface area contributed by atoms with Crippen LogP contribution in [0, 0.1) is 6.92 Å². The summed E-state index contributed by atoms with van der Waals surface area (Å²) in [6, 6.07) is 3.54. The molecule has 0 aliphatic heterocycles. The van der Waals surface area contributed by atoms with E-state index in [4.69, 9.17) is 9.47 Å². The number of carbonyl (C=O) groups is 1. The molecule has 1 unspecified atom stereocenters. The topological polar surface area (TPSA) is 89.5 Å². The average Bonchev–Trinajstić information content (AvgIpc) is 3.48. The van der Waals surface area contributed by atoms with Gasteiger partial charge in [-0.3, -0.25) is 4.79 Å². The van der Waals surface area contributed by atoms with Gasteiger partial charge in [0.1, 0.15) is 17.0 Å². The lowest BCUT2D eigenvalue weighted by molar-refractivity contribution is -0.227. The van der Waals surface area contributed by atoms with Gasteiger partial charge in [0.15, 0.2) is 6.10 Å². The minimum atomic E-state index is -4.51. The van der Waals surface area contributed by atoms with E-state index in [1.165, 1.54) is 24.8 Å². The SMILES string of the molecule is COc1cc(CN(C)C(=O)c2sc3ncnc(NCC(OC4CCCC4)C(F)(F)F)c3c2C)ccn1. The van der Waals surface area contributed by atoms with Gasteiger partial charge in [-0.2, -0.15) is 13.2 Å². The highest BCUT2D eigenvalue weighted by Crippen LogP contribution is 2.35. The van der Waals surface area contributed by atoms with E-state index < -0.39 is 18.8 Å². The quantitative estimate of drug-likeness (QED) is 0.423. The van der Waals surface area contributed by atoms with E-state index in [1.807, 2.05) is 0 Å². The molecule has 4 rings (SSSR count). The number of alkyl halides is 3. The Morgan fingerprint density at radius 3 is 2.72 bits per heavy atom. The van der Waals surface area contributed by atoms with Gasteiger partial charge in [0.25, 0.3) is 5.91 Å². The fourth-order valence-electron chi connectivity index (χ4n) is 4.28. The molecule has 0 aromatic carbocycles. The van der Waals surface area contributed by atoms with Crippen LogP contribution in [0.4, 0.5) is 19.0 Å². The number of aryl methyl sites for hydroxylation is 1. The number of fused-ring (bicyclic) bond motifs is 1. The van der Waals surface area contributed by atoms with Crippen LogP contribution in [-0.4, -0.2) is 64.8 Å². The Kier molecular flexibility index (Phi) is 7.94. The second-order valence-electron chi connectivity index (χ2n) is 8.78. The number of rotatable bonds is 9. The van der Waals surface area contributed by atoms with E-state index in [2.05, 4.69) is 20.3 Å². The molecule has 1 fully saturated rings. The molecule has 1 aliphatic carbocycles. The lowest BCUT2D eigenvalue weighted by atomic mass is 10.1. The normalized spacial score (nSPS) is 15.3. The number of hydrogen-bond acceptors (Lipinski definition) is 8. The van der Waals surface area contributed by atoms with Gasteiger partial charge in [-0.15, -0.1) is 11.3 Å². The highest BCUT2D eigenvalue weighted by atomic mass is 32.1. The van der Waals surface area contributed by atoms with Crippen LogP contribution >= 0.6 is 11.3 Å². The summed E-state index contributed by atoms with van der Waals surface area (Å²) in [5, 5.41) is 3.34. The smallest absolute Gasteiger partial charge is 0.416 e. The van der Waals surface area contributed by atoms with E-state index in [0.29, 0.717) is 45.9 Å². The standard InChI is InChI=1S/C24H28F3N5O3S/c1-14-19-21(29-11-17(24(25,26)27)35-16-6-4-5-7-16)30-13-31-22(19)36-20(14)23(33)32(2)12-15-8-9-28-18(10-15)34-3/h8-10,13,16-17H,4-7,11-12H2,1-3H3,(H,29,30,31). The van der Waals surface area contributed by atoms with Crippen LogP contribution in [-0.2, 0) is 11.3 Å². The van der Waals surface area contributed by atoms with Crippen molar-refractivity contribution in [1.82, 2.24) is 19.9 Å². The van der Waals surface area contributed by atoms with Crippen molar-refractivity contribution in [3.8, 4) is 5.88 Å². The highest BCUT2D eigenvalue weighted by molar-refractivity contribution is 7.20. The largest absolute Gasteiger partial charge is 0.481 e. The molecule has 8 nitrogen and oxygen atoms in total. The van der Waals surface area contributed by atoms with Crippen molar-refractivity contribution >= 4 is 33.3 Å². The molecule has 3 heterocycles. The number of amides is 1. The number of thiophene rings is 1. The van der Waals surface area contributed by atoms with E-state index >= 15 is 0 Å². The van der Waals surface area contributed by atoms with E-state index in [-0.39, 0.29) is 17.8 Å². The zero-order valence-corrected chi connectivity index (χ0v) is 21.1. The number of aromatic nitrogens is 3. The molecule has 1 saturated carbocycles. The molecule has 3 aromatic rings. The number of nitrogens with zero attached hydrogens (tertiary/aromatic N) is 4. The number of halogens is 3. The molecule has 0 bridgehead atoms. The fraction of sp³-hybridized carbons (Fsp3) is 0.500. The molecule has 0 spiro atoms. The first-order valence-electron chi connectivity index (χ1n) is 11.6. The molecule has 1 aliphatic rings. The molecule has 194 valence electrons. The summed E-state index contributed by atoms with van der Waals surface area (Å²) in [7, 11) is 3.20. The minimum absolute atomic E-state index is 0.227. The van der Waals surface area contributed by atoms with Crippen molar-refractivity contribution in [2.24, 2.45) is 0 Å². The first kappa shape index (κ1) is 26.1.